The van der Waals surface area contributed by atoms with Gasteiger partial charge >= 0.3 is 0 Å². The Morgan fingerprint density at radius 1 is 1.12 bits per heavy atom. The quantitative estimate of drug-likeness (QED) is 0.748. The zero-order chi connectivity index (χ0) is 17.8. The standard InChI is InChI=1S/C20H20N2O3/c1-13-7-6-8-16(11-13)21-20(23)17-9-4-5-10-19(17)24-12-18-14(2)22-25-15(18)3/h4-11H,12H2,1-3H3,(H,21,23). The highest BCUT2D eigenvalue weighted by Gasteiger charge is 2.15. The van der Waals surface area contributed by atoms with Gasteiger partial charge in [-0.05, 0) is 50.6 Å². The van der Waals surface area contributed by atoms with Crippen molar-refractivity contribution in [1.82, 2.24) is 5.16 Å². The predicted molar refractivity (Wildman–Crippen MR) is 95.9 cm³/mol. The van der Waals surface area contributed by atoms with Gasteiger partial charge in [0.15, 0.2) is 0 Å². The minimum absolute atomic E-state index is 0.208. The molecule has 0 saturated heterocycles. The molecule has 5 nitrogen and oxygen atoms in total. The molecule has 0 spiro atoms. The summed E-state index contributed by atoms with van der Waals surface area (Å²) in [4.78, 5) is 12.6. The van der Waals surface area contributed by atoms with E-state index in [-0.39, 0.29) is 5.91 Å². The smallest absolute Gasteiger partial charge is 0.259 e. The van der Waals surface area contributed by atoms with E-state index in [1.807, 2.05) is 57.2 Å². The van der Waals surface area contributed by atoms with Gasteiger partial charge in [0, 0.05) is 5.69 Å². The number of aromatic nitrogens is 1. The van der Waals surface area contributed by atoms with Gasteiger partial charge in [-0.25, -0.2) is 0 Å². The maximum absolute atomic E-state index is 12.6. The van der Waals surface area contributed by atoms with Crippen LogP contribution in [0.2, 0.25) is 0 Å². The summed E-state index contributed by atoms with van der Waals surface area (Å²) in [5.74, 6) is 1.03. The number of rotatable bonds is 5. The fourth-order valence-corrected chi connectivity index (χ4v) is 2.56. The van der Waals surface area contributed by atoms with Gasteiger partial charge < -0.3 is 14.6 Å². The molecule has 1 aromatic heterocycles. The van der Waals surface area contributed by atoms with E-state index in [1.54, 1.807) is 12.1 Å². The number of hydrogen-bond donors (Lipinski definition) is 1. The maximum atomic E-state index is 12.6. The van der Waals surface area contributed by atoms with E-state index in [0.717, 1.165) is 28.3 Å². The first-order valence-electron chi connectivity index (χ1n) is 8.06. The van der Waals surface area contributed by atoms with Crippen LogP contribution in [0, 0.1) is 20.8 Å². The van der Waals surface area contributed by atoms with Crippen LogP contribution in [0.1, 0.15) is 32.9 Å². The Hall–Kier alpha value is -3.08. The number of para-hydroxylation sites is 1. The number of nitrogens with one attached hydrogen (secondary N) is 1. The van der Waals surface area contributed by atoms with Crippen molar-refractivity contribution in [3.63, 3.8) is 0 Å². The minimum Gasteiger partial charge on any atom is -0.488 e. The van der Waals surface area contributed by atoms with Crippen LogP contribution in [0.15, 0.2) is 53.1 Å². The number of ether oxygens (including phenoxy) is 1. The first-order chi connectivity index (χ1) is 12.0. The molecular weight excluding hydrogens is 316 g/mol. The van der Waals surface area contributed by atoms with Gasteiger partial charge in [-0.3, -0.25) is 4.79 Å². The van der Waals surface area contributed by atoms with Crippen LogP contribution in [-0.2, 0) is 6.61 Å². The monoisotopic (exact) mass is 336 g/mol. The van der Waals surface area contributed by atoms with Crippen LogP contribution in [0.5, 0.6) is 5.75 Å². The second kappa shape index (κ2) is 7.21. The lowest BCUT2D eigenvalue weighted by Gasteiger charge is -2.12. The number of carbonyl (C=O) groups is 1. The number of hydrogen-bond acceptors (Lipinski definition) is 4. The predicted octanol–water partition coefficient (Wildman–Crippen LogP) is 4.43. The fourth-order valence-electron chi connectivity index (χ4n) is 2.56. The van der Waals surface area contributed by atoms with E-state index in [9.17, 15) is 4.79 Å². The summed E-state index contributed by atoms with van der Waals surface area (Å²) in [6.07, 6.45) is 0. The Morgan fingerprint density at radius 2 is 1.92 bits per heavy atom. The average Bonchev–Trinajstić information content (AvgIpc) is 2.91. The molecular formula is C20H20N2O3. The zero-order valence-electron chi connectivity index (χ0n) is 14.5. The Balaban J connectivity index is 1.77. The van der Waals surface area contributed by atoms with Crippen LogP contribution < -0.4 is 10.1 Å². The van der Waals surface area contributed by atoms with Crippen LogP contribution >= 0.6 is 0 Å². The van der Waals surface area contributed by atoms with E-state index in [0.29, 0.717) is 17.9 Å². The largest absolute Gasteiger partial charge is 0.488 e. The summed E-state index contributed by atoms with van der Waals surface area (Å²) in [5.41, 5.74) is 4.01. The number of nitrogens with zero attached hydrogens (tertiary/aromatic N) is 1. The molecule has 3 rings (SSSR count). The summed E-state index contributed by atoms with van der Waals surface area (Å²) in [6.45, 7) is 5.99. The summed E-state index contributed by atoms with van der Waals surface area (Å²) in [7, 11) is 0. The van der Waals surface area contributed by atoms with Gasteiger partial charge in [0.05, 0.1) is 16.8 Å². The van der Waals surface area contributed by atoms with Gasteiger partial charge in [-0.1, -0.05) is 29.4 Å². The third kappa shape index (κ3) is 3.88. The van der Waals surface area contributed by atoms with Crippen LogP contribution in [0.25, 0.3) is 0 Å². The van der Waals surface area contributed by atoms with Crippen molar-refractivity contribution in [2.45, 2.75) is 27.4 Å². The number of carbonyl (C=O) groups excluding carboxylic acids is 1. The van der Waals surface area contributed by atoms with Gasteiger partial charge in [0.25, 0.3) is 5.91 Å². The molecule has 5 heteroatoms. The van der Waals surface area contributed by atoms with Crippen molar-refractivity contribution in [1.29, 1.82) is 0 Å². The van der Waals surface area contributed by atoms with E-state index < -0.39 is 0 Å². The Kier molecular flexibility index (Phi) is 4.84. The SMILES string of the molecule is Cc1cccc(NC(=O)c2ccccc2OCc2c(C)noc2C)c1. The molecule has 0 bridgehead atoms. The van der Waals surface area contributed by atoms with Crippen LogP contribution in [0.3, 0.4) is 0 Å². The van der Waals surface area contributed by atoms with E-state index in [4.69, 9.17) is 9.26 Å². The highest BCUT2D eigenvalue weighted by atomic mass is 16.5. The molecule has 0 radical (unpaired) electrons. The maximum Gasteiger partial charge on any atom is 0.259 e. The second-order valence-corrected chi connectivity index (χ2v) is 5.91. The highest BCUT2D eigenvalue weighted by molar-refractivity contribution is 6.06. The molecule has 0 aliphatic carbocycles. The molecule has 0 unspecified atom stereocenters. The number of anilines is 1. The van der Waals surface area contributed by atoms with Crippen molar-refractivity contribution in [2.24, 2.45) is 0 Å². The van der Waals surface area contributed by atoms with Gasteiger partial charge in [0.1, 0.15) is 18.1 Å². The molecule has 0 saturated carbocycles. The molecule has 128 valence electrons. The molecule has 1 amide bonds. The lowest BCUT2D eigenvalue weighted by Crippen LogP contribution is -2.13. The lowest BCUT2D eigenvalue weighted by atomic mass is 10.1. The molecule has 2 aromatic carbocycles. The molecule has 0 atom stereocenters. The van der Waals surface area contributed by atoms with Crippen LogP contribution in [0.4, 0.5) is 5.69 Å². The van der Waals surface area contributed by atoms with Crippen molar-refractivity contribution < 1.29 is 14.1 Å². The van der Waals surface area contributed by atoms with Crippen molar-refractivity contribution >= 4 is 11.6 Å². The number of amides is 1. The van der Waals surface area contributed by atoms with Gasteiger partial charge in [0.2, 0.25) is 0 Å². The summed E-state index contributed by atoms with van der Waals surface area (Å²) < 4.78 is 11.0. The van der Waals surface area contributed by atoms with Gasteiger partial charge in [-0.15, -0.1) is 0 Å². The molecule has 25 heavy (non-hydrogen) atoms. The Morgan fingerprint density at radius 3 is 2.64 bits per heavy atom. The third-order valence-corrected chi connectivity index (χ3v) is 3.96. The topological polar surface area (TPSA) is 64.4 Å². The summed E-state index contributed by atoms with van der Waals surface area (Å²) in [5, 5.41) is 6.82. The normalized spacial score (nSPS) is 10.5. The first kappa shape index (κ1) is 16.8. The zero-order valence-corrected chi connectivity index (χ0v) is 14.5. The minimum atomic E-state index is -0.208. The average molecular weight is 336 g/mol. The molecule has 3 aromatic rings. The number of benzene rings is 2. The van der Waals surface area contributed by atoms with E-state index in [1.165, 1.54) is 0 Å². The summed E-state index contributed by atoms with van der Waals surface area (Å²) >= 11 is 0. The second-order valence-electron chi connectivity index (χ2n) is 5.91. The van der Waals surface area contributed by atoms with Gasteiger partial charge in [-0.2, -0.15) is 0 Å². The summed E-state index contributed by atoms with van der Waals surface area (Å²) in [6, 6.07) is 14.8. The van der Waals surface area contributed by atoms with E-state index in [2.05, 4.69) is 10.5 Å². The lowest BCUT2D eigenvalue weighted by molar-refractivity contribution is 0.102. The Bertz CT molecular complexity index is 880. The van der Waals surface area contributed by atoms with Crippen molar-refractivity contribution in [3.8, 4) is 5.75 Å². The fraction of sp³-hybridized carbons (Fsp3) is 0.200. The molecule has 0 aliphatic heterocycles. The van der Waals surface area contributed by atoms with Crippen LogP contribution in [-0.4, -0.2) is 11.1 Å². The van der Waals surface area contributed by atoms with Crippen molar-refractivity contribution in [3.05, 3.63) is 76.7 Å². The van der Waals surface area contributed by atoms with E-state index >= 15 is 0 Å². The molecule has 0 aliphatic rings. The molecule has 1 N–H and O–H groups in total. The highest BCUT2D eigenvalue weighted by Crippen LogP contribution is 2.23. The molecule has 1 heterocycles. The first-order valence-corrected chi connectivity index (χ1v) is 8.06. The number of aryl methyl sites for hydroxylation is 3. The third-order valence-electron chi connectivity index (χ3n) is 3.96. The molecule has 0 fully saturated rings. The van der Waals surface area contributed by atoms with Crippen molar-refractivity contribution in [2.75, 3.05) is 5.32 Å². The Labute approximate surface area is 146 Å².